The second kappa shape index (κ2) is 6.22. The lowest BCUT2D eigenvalue weighted by molar-refractivity contribution is 0.0445. The maximum absolute atomic E-state index is 3.68. The summed E-state index contributed by atoms with van der Waals surface area (Å²) in [6, 6.07) is 0. The zero-order valence-electron chi connectivity index (χ0n) is 11.9. The maximum atomic E-state index is 3.68. The third-order valence-corrected chi connectivity index (χ3v) is 5.65. The average Bonchev–Trinajstić information content (AvgIpc) is 2.90. The molecule has 0 aromatic rings. The Kier molecular flexibility index (Phi) is 4.90. The van der Waals surface area contributed by atoms with Crippen molar-refractivity contribution in [3.05, 3.63) is 0 Å². The van der Waals surface area contributed by atoms with Crippen molar-refractivity contribution in [2.75, 3.05) is 13.1 Å². The first-order valence-electron chi connectivity index (χ1n) is 8.03. The Morgan fingerprint density at radius 1 is 1.18 bits per heavy atom. The molecule has 1 saturated carbocycles. The number of hydrogen-bond acceptors (Lipinski definition) is 1. The number of rotatable bonds is 5. The Balaban J connectivity index is 2.06. The van der Waals surface area contributed by atoms with Gasteiger partial charge in [0.15, 0.2) is 0 Å². The second-order valence-electron chi connectivity index (χ2n) is 6.42. The van der Waals surface area contributed by atoms with E-state index in [1.807, 2.05) is 0 Å². The SMILES string of the molecule is CCCCC1(CC)CCNCC1C1CCCC1. The van der Waals surface area contributed by atoms with Crippen LogP contribution in [0.5, 0.6) is 0 Å². The number of unbranched alkanes of at least 4 members (excludes halogenated alkanes) is 1. The van der Waals surface area contributed by atoms with Crippen molar-refractivity contribution >= 4 is 0 Å². The molecule has 2 rings (SSSR count). The summed E-state index contributed by atoms with van der Waals surface area (Å²) in [4.78, 5) is 0. The highest BCUT2D eigenvalue weighted by Gasteiger charge is 2.42. The highest BCUT2D eigenvalue weighted by molar-refractivity contribution is 4.95. The van der Waals surface area contributed by atoms with Gasteiger partial charge < -0.3 is 5.32 Å². The van der Waals surface area contributed by atoms with Gasteiger partial charge in [0.1, 0.15) is 0 Å². The molecule has 0 aromatic carbocycles. The fourth-order valence-electron chi connectivity index (χ4n) is 4.48. The van der Waals surface area contributed by atoms with E-state index in [-0.39, 0.29) is 0 Å². The van der Waals surface area contributed by atoms with Crippen LogP contribution < -0.4 is 5.32 Å². The zero-order valence-corrected chi connectivity index (χ0v) is 11.9. The largest absolute Gasteiger partial charge is 0.316 e. The third-order valence-electron chi connectivity index (χ3n) is 5.65. The van der Waals surface area contributed by atoms with E-state index in [0.29, 0.717) is 5.41 Å². The van der Waals surface area contributed by atoms with Crippen LogP contribution in [0.4, 0.5) is 0 Å². The van der Waals surface area contributed by atoms with Crippen LogP contribution in [-0.4, -0.2) is 13.1 Å². The van der Waals surface area contributed by atoms with Gasteiger partial charge in [-0.3, -0.25) is 0 Å². The van der Waals surface area contributed by atoms with E-state index in [1.54, 1.807) is 0 Å². The molecule has 0 bridgehead atoms. The predicted octanol–water partition coefficient (Wildman–Crippen LogP) is 4.37. The van der Waals surface area contributed by atoms with Gasteiger partial charge in [0.25, 0.3) is 0 Å². The van der Waals surface area contributed by atoms with E-state index in [0.717, 1.165) is 11.8 Å². The Hall–Kier alpha value is -0.0400. The summed E-state index contributed by atoms with van der Waals surface area (Å²) in [5.74, 6) is 2.02. The molecule has 1 heteroatoms. The summed E-state index contributed by atoms with van der Waals surface area (Å²) in [5, 5.41) is 3.68. The lowest BCUT2D eigenvalue weighted by Gasteiger charge is -2.47. The molecule has 100 valence electrons. The van der Waals surface area contributed by atoms with Crippen LogP contribution in [0.25, 0.3) is 0 Å². The highest BCUT2D eigenvalue weighted by Crippen LogP contribution is 2.49. The third kappa shape index (κ3) is 2.86. The summed E-state index contributed by atoms with van der Waals surface area (Å²) >= 11 is 0. The van der Waals surface area contributed by atoms with Crippen molar-refractivity contribution in [2.45, 2.75) is 71.6 Å². The van der Waals surface area contributed by atoms with Crippen LogP contribution in [0, 0.1) is 17.3 Å². The normalized spacial score (nSPS) is 35.3. The van der Waals surface area contributed by atoms with Crippen molar-refractivity contribution < 1.29 is 0 Å². The van der Waals surface area contributed by atoms with E-state index in [2.05, 4.69) is 19.2 Å². The van der Waals surface area contributed by atoms with Gasteiger partial charge in [-0.05, 0) is 43.2 Å². The smallest absolute Gasteiger partial charge is 0.00125 e. The summed E-state index contributed by atoms with van der Waals surface area (Å²) in [7, 11) is 0. The minimum absolute atomic E-state index is 0.691. The molecule has 1 N–H and O–H groups in total. The maximum Gasteiger partial charge on any atom is -0.00125 e. The molecule has 1 heterocycles. The molecule has 1 aliphatic heterocycles. The lowest BCUT2D eigenvalue weighted by atomic mass is 9.61. The Labute approximate surface area is 108 Å². The van der Waals surface area contributed by atoms with Gasteiger partial charge in [-0.2, -0.15) is 0 Å². The molecule has 0 aromatic heterocycles. The fraction of sp³-hybridized carbons (Fsp3) is 1.00. The van der Waals surface area contributed by atoms with Crippen LogP contribution in [0.15, 0.2) is 0 Å². The van der Waals surface area contributed by atoms with Crippen LogP contribution >= 0.6 is 0 Å². The molecule has 0 spiro atoms. The van der Waals surface area contributed by atoms with Crippen LogP contribution in [0.1, 0.15) is 71.6 Å². The zero-order chi connectivity index (χ0) is 12.1. The monoisotopic (exact) mass is 237 g/mol. The molecule has 1 saturated heterocycles. The van der Waals surface area contributed by atoms with E-state index in [9.17, 15) is 0 Å². The standard InChI is InChI=1S/C16H31N/c1-3-5-10-16(4-2)11-12-17-13-15(16)14-8-6-7-9-14/h14-15,17H,3-13H2,1-2H3. The van der Waals surface area contributed by atoms with Gasteiger partial charge in [0.05, 0.1) is 0 Å². The molecule has 1 aliphatic carbocycles. The second-order valence-corrected chi connectivity index (χ2v) is 6.42. The van der Waals surface area contributed by atoms with E-state index in [4.69, 9.17) is 0 Å². The van der Waals surface area contributed by atoms with E-state index < -0.39 is 0 Å². The molecule has 2 unspecified atom stereocenters. The van der Waals surface area contributed by atoms with Crippen molar-refractivity contribution in [3.63, 3.8) is 0 Å². The summed E-state index contributed by atoms with van der Waals surface area (Å²) in [6.45, 7) is 7.36. The van der Waals surface area contributed by atoms with E-state index >= 15 is 0 Å². The first-order chi connectivity index (χ1) is 8.32. The Morgan fingerprint density at radius 2 is 1.94 bits per heavy atom. The van der Waals surface area contributed by atoms with Crippen molar-refractivity contribution in [1.29, 1.82) is 0 Å². The van der Waals surface area contributed by atoms with Crippen LogP contribution in [0.2, 0.25) is 0 Å². The molecule has 2 atom stereocenters. The minimum atomic E-state index is 0.691. The van der Waals surface area contributed by atoms with Crippen LogP contribution in [-0.2, 0) is 0 Å². The quantitative estimate of drug-likeness (QED) is 0.748. The van der Waals surface area contributed by atoms with Crippen LogP contribution in [0.3, 0.4) is 0 Å². The molecule has 2 aliphatic rings. The van der Waals surface area contributed by atoms with Gasteiger partial charge in [0.2, 0.25) is 0 Å². The number of hydrogen-bond donors (Lipinski definition) is 1. The molecular weight excluding hydrogens is 206 g/mol. The molecule has 2 fully saturated rings. The molecule has 0 amide bonds. The van der Waals surface area contributed by atoms with Crippen molar-refractivity contribution in [1.82, 2.24) is 5.32 Å². The summed E-state index contributed by atoms with van der Waals surface area (Å²) < 4.78 is 0. The highest BCUT2D eigenvalue weighted by atomic mass is 14.9. The fourth-order valence-corrected chi connectivity index (χ4v) is 4.48. The van der Waals surface area contributed by atoms with E-state index in [1.165, 1.54) is 70.9 Å². The Bertz CT molecular complexity index is 220. The molecule has 1 nitrogen and oxygen atoms in total. The molecular formula is C16H31N. The summed E-state index contributed by atoms with van der Waals surface area (Å²) in [5.41, 5.74) is 0.691. The topological polar surface area (TPSA) is 12.0 Å². The number of piperidine rings is 1. The summed E-state index contributed by atoms with van der Waals surface area (Å²) in [6.07, 6.45) is 13.2. The lowest BCUT2D eigenvalue weighted by Crippen LogP contribution is -2.47. The van der Waals surface area contributed by atoms with Gasteiger partial charge in [-0.1, -0.05) is 58.8 Å². The van der Waals surface area contributed by atoms with Gasteiger partial charge >= 0.3 is 0 Å². The van der Waals surface area contributed by atoms with Gasteiger partial charge in [-0.25, -0.2) is 0 Å². The van der Waals surface area contributed by atoms with Crippen molar-refractivity contribution in [2.24, 2.45) is 17.3 Å². The minimum Gasteiger partial charge on any atom is -0.316 e. The molecule has 17 heavy (non-hydrogen) atoms. The number of nitrogens with one attached hydrogen (secondary N) is 1. The average molecular weight is 237 g/mol. The Morgan fingerprint density at radius 3 is 2.59 bits per heavy atom. The van der Waals surface area contributed by atoms with Gasteiger partial charge in [-0.15, -0.1) is 0 Å². The van der Waals surface area contributed by atoms with Crippen molar-refractivity contribution in [3.8, 4) is 0 Å². The first kappa shape index (κ1) is 13.4. The van der Waals surface area contributed by atoms with Gasteiger partial charge in [0, 0.05) is 0 Å². The predicted molar refractivity (Wildman–Crippen MR) is 75.2 cm³/mol. The molecule has 0 radical (unpaired) electrons. The first-order valence-corrected chi connectivity index (χ1v) is 8.03.